The van der Waals surface area contributed by atoms with Gasteiger partial charge in [0, 0.05) is 5.69 Å². The van der Waals surface area contributed by atoms with Crippen LogP contribution in [0.1, 0.15) is 5.56 Å². The minimum Gasteiger partial charge on any atom is -0.399 e. The van der Waals surface area contributed by atoms with E-state index in [1.54, 1.807) is 6.92 Å². The van der Waals surface area contributed by atoms with Crippen LogP contribution < -0.4 is 10.5 Å². The standard InChI is InChI=1S/C13H14N2O5S2/c1-9-7-11(5-6-13(9)14)21(16,17)15-10-3-2-4-12(8-10)22(18,19)20/h2-8,15H,14H2,1H3,(H,18,19,20). The number of hydrogen-bond donors (Lipinski definition) is 3. The third kappa shape index (κ3) is 3.56. The van der Waals surface area contributed by atoms with Crippen molar-refractivity contribution in [3.05, 3.63) is 48.0 Å². The number of nitrogens with two attached hydrogens (primary N) is 1. The van der Waals surface area contributed by atoms with Gasteiger partial charge in [0.2, 0.25) is 0 Å². The van der Waals surface area contributed by atoms with Gasteiger partial charge in [-0.3, -0.25) is 9.27 Å². The summed E-state index contributed by atoms with van der Waals surface area (Å²) >= 11 is 0. The molecule has 0 amide bonds. The average Bonchev–Trinajstić information content (AvgIpc) is 2.40. The molecule has 0 aliphatic rings. The van der Waals surface area contributed by atoms with Crippen molar-refractivity contribution in [3.8, 4) is 0 Å². The SMILES string of the molecule is Cc1cc(S(=O)(=O)Nc2cccc(S(=O)(=O)O)c2)ccc1N. The first-order valence-electron chi connectivity index (χ1n) is 6.06. The molecule has 4 N–H and O–H groups in total. The molecule has 22 heavy (non-hydrogen) atoms. The summed E-state index contributed by atoms with van der Waals surface area (Å²) in [4.78, 5) is -0.405. The van der Waals surface area contributed by atoms with Gasteiger partial charge in [-0.15, -0.1) is 0 Å². The summed E-state index contributed by atoms with van der Waals surface area (Å²) in [5.41, 5.74) is 6.73. The van der Waals surface area contributed by atoms with Gasteiger partial charge in [0.05, 0.1) is 15.5 Å². The summed E-state index contributed by atoms with van der Waals surface area (Å²) in [7, 11) is -8.31. The largest absolute Gasteiger partial charge is 0.399 e. The molecule has 7 nitrogen and oxygen atoms in total. The summed E-state index contributed by atoms with van der Waals surface area (Å²) in [6, 6.07) is 9.09. The van der Waals surface area contributed by atoms with Gasteiger partial charge in [0.25, 0.3) is 20.1 Å². The molecule has 0 unspecified atom stereocenters. The number of nitrogens with one attached hydrogen (secondary N) is 1. The molecule has 0 aliphatic carbocycles. The van der Waals surface area contributed by atoms with E-state index < -0.39 is 25.0 Å². The monoisotopic (exact) mass is 342 g/mol. The highest BCUT2D eigenvalue weighted by Crippen LogP contribution is 2.21. The van der Waals surface area contributed by atoms with Crippen LogP contribution in [0, 0.1) is 6.92 Å². The molecule has 0 heterocycles. The zero-order chi connectivity index (χ0) is 16.5. The first-order chi connectivity index (χ1) is 10.1. The van der Waals surface area contributed by atoms with Crippen LogP contribution in [-0.4, -0.2) is 21.4 Å². The topological polar surface area (TPSA) is 127 Å². The number of rotatable bonds is 4. The Bertz CT molecular complexity index is 921. The Labute approximate surface area is 128 Å². The molecule has 0 radical (unpaired) electrons. The van der Waals surface area contributed by atoms with Gasteiger partial charge in [0.15, 0.2) is 0 Å². The lowest BCUT2D eigenvalue weighted by molar-refractivity contribution is 0.483. The zero-order valence-corrected chi connectivity index (χ0v) is 13.1. The summed E-state index contributed by atoms with van der Waals surface area (Å²) in [6.07, 6.45) is 0. The molecule has 0 bridgehead atoms. The first kappa shape index (κ1) is 16.3. The average molecular weight is 342 g/mol. The maximum Gasteiger partial charge on any atom is 0.294 e. The van der Waals surface area contributed by atoms with E-state index in [2.05, 4.69) is 4.72 Å². The second-order valence-electron chi connectivity index (χ2n) is 4.63. The van der Waals surface area contributed by atoms with Crippen LogP contribution in [0.5, 0.6) is 0 Å². The quantitative estimate of drug-likeness (QED) is 0.572. The summed E-state index contributed by atoms with van der Waals surface area (Å²) in [5.74, 6) is 0. The van der Waals surface area contributed by atoms with Gasteiger partial charge in [-0.2, -0.15) is 8.42 Å². The molecule has 0 aromatic heterocycles. The molecule has 0 aliphatic heterocycles. The van der Waals surface area contributed by atoms with E-state index >= 15 is 0 Å². The Hall–Kier alpha value is -2.10. The maximum atomic E-state index is 12.3. The first-order valence-corrected chi connectivity index (χ1v) is 8.98. The second-order valence-corrected chi connectivity index (χ2v) is 7.73. The van der Waals surface area contributed by atoms with Gasteiger partial charge in [0.1, 0.15) is 0 Å². The highest BCUT2D eigenvalue weighted by molar-refractivity contribution is 7.92. The molecule has 0 saturated carbocycles. The smallest absolute Gasteiger partial charge is 0.294 e. The molecular formula is C13H14N2O5S2. The van der Waals surface area contributed by atoms with Crippen molar-refractivity contribution in [1.82, 2.24) is 0 Å². The van der Waals surface area contributed by atoms with Crippen LogP contribution >= 0.6 is 0 Å². The van der Waals surface area contributed by atoms with Crippen molar-refractivity contribution in [1.29, 1.82) is 0 Å². The number of benzene rings is 2. The van der Waals surface area contributed by atoms with Gasteiger partial charge >= 0.3 is 0 Å². The number of hydrogen-bond acceptors (Lipinski definition) is 5. The fourth-order valence-corrected chi connectivity index (χ4v) is 3.41. The van der Waals surface area contributed by atoms with E-state index in [0.717, 1.165) is 12.1 Å². The minimum absolute atomic E-state index is 0.00328. The van der Waals surface area contributed by atoms with Crippen molar-refractivity contribution in [2.45, 2.75) is 16.7 Å². The van der Waals surface area contributed by atoms with Crippen LogP contribution in [0.25, 0.3) is 0 Å². The van der Waals surface area contributed by atoms with Crippen molar-refractivity contribution in [2.75, 3.05) is 10.5 Å². The summed E-state index contributed by atoms with van der Waals surface area (Å²) in [5, 5.41) is 0. The van der Waals surface area contributed by atoms with Crippen molar-refractivity contribution in [2.24, 2.45) is 0 Å². The second kappa shape index (κ2) is 5.59. The molecule has 0 saturated heterocycles. The highest BCUT2D eigenvalue weighted by Gasteiger charge is 2.16. The van der Waals surface area contributed by atoms with Gasteiger partial charge in [-0.25, -0.2) is 8.42 Å². The van der Waals surface area contributed by atoms with Crippen LogP contribution in [0.3, 0.4) is 0 Å². The van der Waals surface area contributed by atoms with Gasteiger partial charge in [-0.05, 0) is 48.9 Å². The molecule has 2 rings (SSSR count). The summed E-state index contributed by atoms with van der Waals surface area (Å²) in [6.45, 7) is 1.67. The molecule has 118 valence electrons. The lowest BCUT2D eigenvalue weighted by Gasteiger charge is -2.10. The van der Waals surface area contributed by atoms with Crippen molar-refractivity contribution < 1.29 is 21.4 Å². The van der Waals surface area contributed by atoms with E-state index in [4.69, 9.17) is 10.3 Å². The van der Waals surface area contributed by atoms with E-state index in [9.17, 15) is 16.8 Å². The fourth-order valence-electron chi connectivity index (χ4n) is 1.75. The Morgan fingerprint density at radius 3 is 2.27 bits per heavy atom. The predicted octanol–water partition coefficient (Wildman–Crippen LogP) is 1.62. The number of sulfonamides is 1. The zero-order valence-electron chi connectivity index (χ0n) is 11.5. The van der Waals surface area contributed by atoms with Crippen molar-refractivity contribution >= 4 is 31.5 Å². The molecule has 0 fully saturated rings. The number of anilines is 2. The Morgan fingerprint density at radius 1 is 1.00 bits per heavy atom. The predicted molar refractivity (Wildman–Crippen MR) is 82.7 cm³/mol. The normalized spacial score (nSPS) is 12.1. The molecule has 0 spiro atoms. The molecular weight excluding hydrogens is 328 g/mol. The van der Waals surface area contributed by atoms with E-state index in [0.29, 0.717) is 11.3 Å². The van der Waals surface area contributed by atoms with Gasteiger partial charge in [-0.1, -0.05) is 6.07 Å². The molecule has 2 aromatic carbocycles. The van der Waals surface area contributed by atoms with E-state index in [1.807, 2.05) is 0 Å². The highest BCUT2D eigenvalue weighted by atomic mass is 32.2. The van der Waals surface area contributed by atoms with Crippen LogP contribution in [0.2, 0.25) is 0 Å². The van der Waals surface area contributed by atoms with Crippen LogP contribution in [-0.2, 0) is 20.1 Å². The minimum atomic E-state index is -4.41. The fraction of sp³-hybridized carbons (Fsp3) is 0.0769. The molecule has 0 atom stereocenters. The Kier molecular flexibility index (Phi) is 4.14. The van der Waals surface area contributed by atoms with Crippen LogP contribution in [0.15, 0.2) is 52.3 Å². The third-order valence-corrected chi connectivity index (χ3v) is 5.16. The van der Waals surface area contributed by atoms with Gasteiger partial charge < -0.3 is 5.73 Å². The maximum absolute atomic E-state index is 12.3. The molecule has 9 heteroatoms. The third-order valence-electron chi connectivity index (χ3n) is 2.94. The lowest BCUT2D eigenvalue weighted by Crippen LogP contribution is -2.13. The van der Waals surface area contributed by atoms with Crippen LogP contribution in [0.4, 0.5) is 11.4 Å². The Morgan fingerprint density at radius 2 is 1.68 bits per heavy atom. The van der Waals surface area contributed by atoms with Crippen molar-refractivity contribution in [3.63, 3.8) is 0 Å². The number of aryl methyl sites for hydroxylation is 1. The van der Waals surface area contributed by atoms with E-state index in [-0.39, 0.29) is 10.6 Å². The summed E-state index contributed by atoms with van der Waals surface area (Å²) < 4.78 is 57.9. The Balaban J connectivity index is 2.39. The number of nitrogen functional groups attached to an aromatic ring is 1. The molecule has 2 aromatic rings. The van der Waals surface area contributed by atoms with E-state index in [1.165, 1.54) is 30.3 Å². The lowest BCUT2D eigenvalue weighted by atomic mass is 10.2.